The normalized spacial score (nSPS) is 11.6. The number of aromatic nitrogens is 3. The van der Waals surface area contributed by atoms with E-state index in [9.17, 15) is 4.79 Å². The third kappa shape index (κ3) is 4.18. The number of nitrogens with one attached hydrogen (secondary N) is 2. The number of methoxy groups -OCH3 is 1. The van der Waals surface area contributed by atoms with Gasteiger partial charge in [-0.1, -0.05) is 18.2 Å². The summed E-state index contributed by atoms with van der Waals surface area (Å²) in [7, 11) is 3.50. The molecule has 1 aromatic carbocycles. The second-order valence-electron chi connectivity index (χ2n) is 5.75. The van der Waals surface area contributed by atoms with E-state index >= 15 is 0 Å². The molecular weight excluding hydrogens is 330 g/mol. The molecule has 2 aromatic heterocycles. The Bertz CT molecular complexity index is 863. The first-order chi connectivity index (χ1) is 12.7. The number of hydrogen-bond acceptors (Lipinski definition) is 4. The number of carbonyl (C=O) groups is 1. The van der Waals surface area contributed by atoms with Crippen LogP contribution in [0.15, 0.2) is 61.1 Å². The van der Waals surface area contributed by atoms with Crippen molar-refractivity contribution in [2.75, 3.05) is 7.11 Å². The first-order valence-electron chi connectivity index (χ1n) is 8.23. The van der Waals surface area contributed by atoms with Crippen LogP contribution in [0, 0.1) is 0 Å². The van der Waals surface area contributed by atoms with Crippen LogP contribution in [0.25, 0.3) is 0 Å². The van der Waals surface area contributed by atoms with Crippen LogP contribution in [0.1, 0.15) is 23.1 Å². The van der Waals surface area contributed by atoms with E-state index in [1.54, 1.807) is 19.5 Å². The van der Waals surface area contributed by atoms with Gasteiger partial charge in [-0.15, -0.1) is 0 Å². The van der Waals surface area contributed by atoms with Crippen LogP contribution in [0.3, 0.4) is 0 Å². The van der Waals surface area contributed by atoms with Crippen molar-refractivity contribution in [3.8, 4) is 5.75 Å². The van der Waals surface area contributed by atoms with Crippen molar-refractivity contribution in [2.45, 2.75) is 12.6 Å². The lowest BCUT2D eigenvalue weighted by Crippen LogP contribution is -2.39. The van der Waals surface area contributed by atoms with Gasteiger partial charge < -0.3 is 19.9 Å². The van der Waals surface area contributed by atoms with Crippen molar-refractivity contribution >= 4 is 6.03 Å². The minimum Gasteiger partial charge on any atom is -0.497 e. The van der Waals surface area contributed by atoms with Crippen molar-refractivity contribution in [3.05, 3.63) is 78.1 Å². The molecule has 2 N–H and O–H groups in total. The van der Waals surface area contributed by atoms with Gasteiger partial charge in [0.05, 0.1) is 19.3 Å². The third-order valence-corrected chi connectivity index (χ3v) is 3.98. The Balaban J connectivity index is 1.77. The van der Waals surface area contributed by atoms with Crippen LogP contribution in [0.2, 0.25) is 0 Å². The van der Waals surface area contributed by atoms with E-state index in [0.29, 0.717) is 6.54 Å². The maximum atomic E-state index is 12.4. The number of carbonyl (C=O) groups excluding carboxylic acids is 1. The van der Waals surface area contributed by atoms with Crippen molar-refractivity contribution in [1.29, 1.82) is 0 Å². The Kier molecular flexibility index (Phi) is 5.48. The van der Waals surface area contributed by atoms with E-state index in [1.165, 1.54) is 0 Å². The number of aryl methyl sites for hydroxylation is 1. The summed E-state index contributed by atoms with van der Waals surface area (Å²) in [5, 5.41) is 5.81. The summed E-state index contributed by atoms with van der Waals surface area (Å²) < 4.78 is 7.18. The first-order valence-corrected chi connectivity index (χ1v) is 8.23. The predicted molar refractivity (Wildman–Crippen MR) is 97.7 cm³/mol. The van der Waals surface area contributed by atoms with Crippen molar-refractivity contribution in [2.24, 2.45) is 7.05 Å². The second-order valence-corrected chi connectivity index (χ2v) is 5.75. The number of ether oxygens (including phenoxy) is 1. The molecule has 134 valence electrons. The molecule has 0 aliphatic carbocycles. The van der Waals surface area contributed by atoms with Crippen molar-refractivity contribution < 1.29 is 9.53 Å². The average Bonchev–Trinajstić information content (AvgIpc) is 3.11. The molecule has 1 atom stereocenters. The fraction of sp³-hybridized carbons (Fsp3) is 0.211. The number of imidazole rings is 1. The molecule has 2 amide bonds. The average molecular weight is 351 g/mol. The van der Waals surface area contributed by atoms with E-state index in [2.05, 4.69) is 20.6 Å². The lowest BCUT2D eigenvalue weighted by atomic mass is 10.1. The minimum atomic E-state index is -0.408. The van der Waals surface area contributed by atoms with Gasteiger partial charge in [0.2, 0.25) is 0 Å². The molecule has 0 radical (unpaired) electrons. The van der Waals surface area contributed by atoms with Gasteiger partial charge in [0.15, 0.2) is 0 Å². The summed E-state index contributed by atoms with van der Waals surface area (Å²) in [6.45, 7) is 0.345. The summed E-state index contributed by atoms with van der Waals surface area (Å²) >= 11 is 0. The number of hydrogen-bond donors (Lipinski definition) is 2. The second kappa shape index (κ2) is 8.15. The zero-order valence-corrected chi connectivity index (χ0v) is 14.7. The van der Waals surface area contributed by atoms with E-state index in [4.69, 9.17) is 4.74 Å². The van der Waals surface area contributed by atoms with Gasteiger partial charge >= 0.3 is 6.03 Å². The van der Waals surface area contributed by atoms with Crippen LogP contribution < -0.4 is 15.4 Å². The Hall–Kier alpha value is -3.35. The van der Waals surface area contributed by atoms with E-state index in [0.717, 1.165) is 22.8 Å². The van der Waals surface area contributed by atoms with Crippen LogP contribution in [-0.4, -0.2) is 27.7 Å². The summed E-state index contributed by atoms with van der Waals surface area (Å²) in [6.07, 6.45) is 5.24. The summed E-state index contributed by atoms with van der Waals surface area (Å²) in [6, 6.07) is 12.4. The highest BCUT2D eigenvalue weighted by Crippen LogP contribution is 2.24. The molecule has 0 saturated carbocycles. The molecule has 0 bridgehead atoms. The molecule has 2 heterocycles. The first kappa shape index (κ1) is 17.5. The van der Waals surface area contributed by atoms with Crippen molar-refractivity contribution in [3.63, 3.8) is 0 Å². The number of nitrogens with zero attached hydrogens (tertiary/aromatic N) is 3. The van der Waals surface area contributed by atoms with Gasteiger partial charge in [-0.25, -0.2) is 9.78 Å². The van der Waals surface area contributed by atoms with Gasteiger partial charge in [-0.05, 0) is 29.8 Å². The quantitative estimate of drug-likeness (QED) is 0.715. The van der Waals surface area contributed by atoms with Crippen LogP contribution >= 0.6 is 0 Å². The molecule has 0 spiro atoms. The van der Waals surface area contributed by atoms with Crippen molar-refractivity contribution in [1.82, 2.24) is 25.2 Å². The lowest BCUT2D eigenvalue weighted by molar-refractivity contribution is 0.237. The Labute approximate surface area is 152 Å². The van der Waals surface area contributed by atoms with Gasteiger partial charge in [0.25, 0.3) is 0 Å². The number of pyridine rings is 1. The summed E-state index contributed by atoms with van der Waals surface area (Å²) in [5.41, 5.74) is 1.67. The van der Waals surface area contributed by atoms with Crippen LogP contribution in [0.4, 0.5) is 4.79 Å². The van der Waals surface area contributed by atoms with E-state index in [-0.39, 0.29) is 6.03 Å². The highest BCUT2D eigenvalue weighted by atomic mass is 16.5. The molecular formula is C19H21N5O2. The maximum Gasteiger partial charge on any atom is 0.315 e. The number of urea groups is 1. The number of amides is 2. The highest BCUT2D eigenvalue weighted by molar-refractivity contribution is 5.74. The minimum absolute atomic E-state index is 0.300. The molecule has 0 aliphatic heterocycles. The topological polar surface area (TPSA) is 81.1 Å². The van der Waals surface area contributed by atoms with E-state index < -0.39 is 6.04 Å². The molecule has 0 aliphatic rings. The van der Waals surface area contributed by atoms with Gasteiger partial charge in [-0.3, -0.25) is 4.98 Å². The Morgan fingerprint density at radius 2 is 2.08 bits per heavy atom. The van der Waals surface area contributed by atoms with Gasteiger partial charge in [0.1, 0.15) is 17.6 Å². The zero-order valence-electron chi connectivity index (χ0n) is 14.7. The molecule has 3 aromatic rings. The molecule has 3 rings (SSSR count). The van der Waals surface area contributed by atoms with Crippen LogP contribution in [0.5, 0.6) is 5.75 Å². The zero-order chi connectivity index (χ0) is 18.4. The summed E-state index contributed by atoms with van der Waals surface area (Å²) in [5.74, 6) is 1.45. The van der Waals surface area contributed by atoms with Gasteiger partial charge in [-0.2, -0.15) is 0 Å². The monoisotopic (exact) mass is 351 g/mol. The summed E-state index contributed by atoms with van der Waals surface area (Å²) in [4.78, 5) is 21.0. The number of benzene rings is 1. The predicted octanol–water partition coefficient (Wildman–Crippen LogP) is 2.41. The molecule has 0 saturated heterocycles. The largest absolute Gasteiger partial charge is 0.497 e. The van der Waals surface area contributed by atoms with Gasteiger partial charge in [0, 0.05) is 25.6 Å². The fourth-order valence-corrected chi connectivity index (χ4v) is 2.63. The molecule has 7 nitrogen and oxygen atoms in total. The molecule has 0 fully saturated rings. The van der Waals surface area contributed by atoms with Crippen LogP contribution in [-0.2, 0) is 13.6 Å². The fourth-order valence-electron chi connectivity index (χ4n) is 2.63. The lowest BCUT2D eigenvalue weighted by Gasteiger charge is -2.20. The third-order valence-electron chi connectivity index (χ3n) is 3.98. The Morgan fingerprint density at radius 1 is 1.19 bits per heavy atom. The number of rotatable bonds is 6. The highest BCUT2D eigenvalue weighted by Gasteiger charge is 2.21. The molecule has 1 unspecified atom stereocenters. The smallest absolute Gasteiger partial charge is 0.315 e. The van der Waals surface area contributed by atoms with E-state index in [1.807, 2.05) is 60.3 Å². The SMILES string of the molecule is COc1cccc(C(NC(=O)NCc2ccccn2)c2nccn2C)c1. The molecule has 26 heavy (non-hydrogen) atoms. The molecule has 7 heteroatoms. The standard InChI is InChI=1S/C19H21N5O2/c1-24-11-10-21-18(24)17(14-6-5-8-16(12-14)26-2)23-19(25)22-13-15-7-3-4-9-20-15/h3-12,17H,13H2,1-2H3,(H2,22,23,25). The Morgan fingerprint density at radius 3 is 2.77 bits per heavy atom. The maximum absolute atomic E-state index is 12.4.